The van der Waals surface area contributed by atoms with Gasteiger partial charge in [0.1, 0.15) is 5.75 Å². The zero-order valence-electron chi connectivity index (χ0n) is 9.88. The minimum atomic E-state index is 0.534. The molecule has 0 saturated carbocycles. The van der Waals surface area contributed by atoms with Gasteiger partial charge in [-0.05, 0) is 24.6 Å². The highest BCUT2D eigenvalue weighted by Crippen LogP contribution is 2.35. The molecular formula is C12H17ClN2O. The summed E-state index contributed by atoms with van der Waals surface area (Å²) in [6, 6.07) is 4.43. The number of hydrogen-bond donors (Lipinski definition) is 1. The molecule has 0 amide bonds. The Morgan fingerprint density at radius 1 is 1.44 bits per heavy atom. The topological polar surface area (TPSA) is 24.5 Å². The Bertz CT molecular complexity index is 391. The summed E-state index contributed by atoms with van der Waals surface area (Å²) in [6.07, 6.45) is 0. The van der Waals surface area contributed by atoms with Gasteiger partial charge in [-0.3, -0.25) is 0 Å². The standard InChI is InChI=1S/C12H17ClN2O/c1-8-4-9(13)5-11(12(8)16-3)15(2)10-6-14-7-10/h4-5,10,14H,6-7H2,1-3H3. The molecule has 0 aliphatic carbocycles. The second-order valence-corrected chi connectivity index (χ2v) is 4.63. The molecule has 0 atom stereocenters. The zero-order valence-corrected chi connectivity index (χ0v) is 10.6. The first-order chi connectivity index (χ1) is 7.63. The van der Waals surface area contributed by atoms with E-state index in [9.17, 15) is 0 Å². The van der Waals surface area contributed by atoms with E-state index in [1.165, 1.54) is 0 Å². The molecule has 1 aromatic rings. The van der Waals surface area contributed by atoms with Gasteiger partial charge in [0.25, 0.3) is 0 Å². The zero-order chi connectivity index (χ0) is 11.7. The van der Waals surface area contributed by atoms with Crippen LogP contribution in [0.25, 0.3) is 0 Å². The average molecular weight is 241 g/mol. The van der Waals surface area contributed by atoms with E-state index in [2.05, 4.69) is 17.3 Å². The summed E-state index contributed by atoms with van der Waals surface area (Å²) in [5.41, 5.74) is 2.14. The third kappa shape index (κ3) is 1.97. The van der Waals surface area contributed by atoms with Crippen LogP contribution in [-0.4, -0.2) is 33.3 Å². The largest absolute Gasteiger partial charge is 0.494 e. The van der Waals surface area contributed by atoms with E-state index in [1.807, 2.05) is 19.1 Å². The third-order valence-corrected chi connectivity index (χ3v) is 3.33. The van der Waals surface area contributed by atoms with Crippen LogP contribution in [0.1, 0.15) is 5.56 Å². The van der Waals surface area contributed by atoms with Gasteiger partial charge < -0.3 is 15.0 Å². The Balaban J connectivity index is 2.36. The number of halogens is 1. The molecule has 1 N–H and O–H groups in total. The van der Waals surface area contributed by atoms with Gasteiger partial charge in [-0.25, -0.2) is 0 Å². The Kier molecular flexibility index (Phi) is 3.26. The second kappa shape index (κ2) is 4.52. The molecule has 0 bridgehead atoms. The van der Waals surface area contributed by atoms with Crippen molar-refractivity contribution < 1.29 is 4.74 Å². The van der Waals surface area contributed by atoms with Gasteiger partial charge in [-0.15, -0.1) is 0 Å². The van der Waals surface area contributed by atoms with Crippen molar-refractivity contribution in [3.8, 4) is 5.75 Å². The highest BCUT2D eigenvalue weighted by molar-refractivity contribution is 6.31. The highest BCUT2D eigenvalue weighted by atomic mass is 35.5. The molecule has 88 valence electrons. The fourth-order valence-corrected chi connectivity index (χ4v) is 2.25. The summed E-state index contributed by atoms with van der Waals surface area (Å²) in [5, 5.41) is 4.02. The first kappa shape index (κ1) is 11.6. The van der Waals surface area contributed by atoms with Gasteiger partial charge in [-0.1, -0.05) is 11.6 Å². The number of hydrogen-bond acceptors (Lipinski definition) is 3. The summed E-state index contributed by atoms with van der Waals surface area (Å²) in [4.78, 5) is 2.23. The fourth-order valence-electron chi connectivity index (χ4n) is 1.98. The second-order valence-electron chi connectivity index (χ2n) is 4.20. The van der Waals surface area contributed by atoms with Crippen molar-refractivity contribution >= 4 is 17.3 Å². The maximum atomic E-state index is 6.09. The summed E-state index contributed by atoms with van der Waals surface area (Å²) >= 11 is 6.09. The van der Waals surface area contributed by atoms with Crippen molar-refractivity contribution in [3.63, 3.8) is 0 Å². The number of benzene rings is 1. The molecule has 16 heavy (non-hydrogen) atoms. The molecule has 1 heterocycles. The van der Waals surface area contributed by atoms with E-state index in [0.717, 1.165) is 35.1 Å². The van der Waals surface area contributed by atoms with Crippen molar-refractivity contribution in [1.29, 1.82) is 0 Å². The predicted molar refractivity (Wildman–Crippen MR) is 67.8 cm³/mol. The highest BCUT2D eigenvalue weighted by Gasteiger charge is 2.24. The van der Waals surface area contributed by atoms with Crippen LogP contribution in [0.3, 0.4) is 0 Å². The van der Waals surface area contributed by atoms with E-state index < -0.39 is 0 Å². The van der Waals surface area contributed by atoms with Crippen LogP contribution in [0.15, 0.2) is 12.1 Å². The molecule has 0 aromatic heterocycles. The fraction of sp³-hybridized carbons (Fsp3) is 0.500. The Morgan fingerprint density at radius 3 is 2.62 bits per heavy atom. The Morgan fingerprint density at radius 2 is 2.12 bits per heavy atom. The van der Waals surface area contributed by atoms with Crippen molar-refractivity contribution in [2.45, 2.75) is 13.0 Å². The third-order valence-electron chi connectivity index (χ3n) is 3.11. The molecule has 0 unspecified atom stereocenters. The van der Waals surface area contributed by atoms with Gasteiger partial charge in [0, 0.05) is 25.2 Å². The first-order valence-electron chi connectivity index (χ1n) is 5.41. The van der Waals surface area contributed by atoms with Crippen LogP contribution >= 0.6 is 11.6 Å². The molecule has 3 nitrogen and oxygen atoms in total. The van der Waals surface area contributed by atoms with Crippen molar-refractivity contribution in [2.75, 3.05) is 32.1 Å². The van der Waals surface area contributed by atoms with Crippen LogP contribution in [0.2, 0.25) is 5.02 Å². The number of aryl methyl sites for hydroxylation is 1. The smallest absolute Gasteiger partial charge is 0.145 e. The lowest BCUT2D eigenvalue weighted by Gasteiger charge is -2.38. The minimum Gasteiger partial charge on any atom is -0.494 e. The Hall–Kier alpha value is -0.930. The van der Waals surface area contributed by atoms with E-state index in [-0.39, 0.29) is 0 Å². The van der Waals surface area contributed by atoms with E-state index in [0.29, 0.717) is 6.04 Å². The lowest BCUT2D eigenvalue weighted by Crippen LogP contribution is -2.56. The van der Waals surface area contributed by atoms with E-state index in [4.69, 9.17) is 16.3 Å². The van der Waals surface area contributed by atoms with Crippen LogP contribution < -0.4 is 15.0 Å². The van der Waals surface area contributed by atoms with Crippen LogP contribution in [0.4, 0.5) is 5.69 Å². The number of rotatable bonds is 3. The molecule has 0 radical (unpaired) electrons. The van der Waals surface area contributed by atoms with Crippen LogP contribution in [0, 0.1) is 6.92 Å². The Labute approximate surface area is 101 Å². The van der Waals surface area contributed by atoms with Gasteiger partial charge in [0.15, 0.2) is 0 Å². The number of likely N-dealkylation sites (N-methyl/N-ethyl adjacent to an activating group) is 1. The summed E-state index contributed by atoms with van der Waals surface area (Å²) < 4.78 is 5.45. The molecule has 1 aliphatic rings. The predicted octanol–water partition coefficient (Wildman–Crippen LogP) is 2.07. The summed E-state index contributed by atoms with van der Waals surface area (Å²) in [7, 11) is 3.78. The molecule has 0 spiro atoms. The number of nitrogens with zero attached hydrogens (tertiary/aromatic N) is 1. The summed E-state index contributed by atoms with van der Waals surface area (Å²) in [5.74, 6) is 0.916. The average Bonchev–Trinajstić information content (AvgIpc) is 2.13. The van der Waals surface area contributed by atoms with Crippen molar-refractivity contribution in [1.82, 2.24) is 5.32 Å². The minimum absolute atomic E-state index is 0.534. The van der Waals surface area contributed by atoms with Gasteiger partial charge in [-0.2, -0.15) is 0 Å². The molecule has 2 rings (SSSR count). The summed E-state index contributed by atoms with van der Waals surface area (Å²) in [6.45, 7) is 4.05. The lowest BCUT2D eigenvalue weighted by molar-refractivity contribution is 0.398. The van der Waals surface area contributed by atoms with Crippen LogP contribution in [-0.2, 0) is 0 Å². The maximum absolute atomic E-state index is 6.09. The normalized spacial score (nSPS) is 15.8. The van der Waals surface area contributed by atoms with Gasteiger partial charge >= 0.3 is 0 Å². The SMILES string of the molecule is COc1c(C)cc(Cl)cc1N(C)C1CNC1. The van der Waals surface area contributed by atoms with Gasteiger partial charge in [0.2, 0.25) is 0 Å². The molecule has 4 heteroatoms. The molecule has 1 saturated heterocycles. The number of methoxy groups -OCH3 is 1. The van der Waals surface area contributed by atoms with Crippen LogP contribution in [0.5, 0.6) is 5.75 Å². The van der Waals surface area contributed by atoms with Crippen molar-refractivity contribution in [3.05, 3.63) is 22.7 Å². The molecule has 1 aromatic carbocycles. The van der Waals surface area contributed by atoms with Gasteiger partial charge in [0.05, 0.1) is 18.8 Å². The number of nitrogens with one attached hydrogen (secondary N) is 1. The quantitative estimate of drug-likeness (QED) is 0.876. The molecule has 1 fully saturated rings. The first-order valence-corrected chi connectivity index (χ1v) is 5.79. The van der Waals surface area contributed by atoms with Crippen molar-refractivity contribution in [2.24, 2.45) is 0 Å². The monoisotopic (exact) mass is 240 g/mol. The number of anilines is 1. The lowest BCUT2D eigenvalue weighted by atomic mass is 10.1. The molecule has 1 aliphatic heterocycles. The number of ether oxygens (including phenoxy) is 1. The van der Waals surface area contributed by atoms with E-state index >= 15 is 0 Å². The van der Waals surface area contributed by atoms with E-state index in [1.54, 1.807) is 7.11 Å². The molecular weight excluding hydrogens is 224 g/mol. The maximum Gasteiger partial charge on any atom is 0.145 e.